The van der Waals surface area contributed by atoms with Crippen molar-refractivity contribution in [2.75, 3.05) is 0 Å². The Morgan fingerprint density at radius 3 is 2.23 bits per heavy atom. The van der Waals surface area contributed by atoms with Crippen molar-refractivity contribution < 1.29 is 13.2 Å². The highest BCUT2D eigenvalue weighted by molar-refractivity contribution is 5.87. The Bertz CT molecular complexity index is 821. The number of hydrogen-bond acceptors (Lipinski definition) is 1. The van der Waals surface area contributed by atoms with Crippen molar-refractivity contribution in [1.29, 1.82) is 0 Å². The van der Waals surface area contributed by atoms with E-state index in [-0.39, 0.29) is 0 Å². The molecule has 0 amide bonds. The number of aromatic nitrogens is 3. The molecule has 3 rings (SSSR count). The summed E-state index contributed by atoms with van der Waals surface area (Å²) >= 11 is 0. The first kappa shape index (κ1) is 14.7. The quantitative estimate of drug-likeness (QED) is 0.684. The summed E-state index contributed by atoms with van der Waals surface area (Å²) in [6.45, 7) is 6.35. The summed E-state index contributed by atoms with van der Waals surface area (Å²) in [6, 6.07) is 7.64. The standard InChI is InChI=1S/C16H16F3N3/c1-4-21-14-8-7-12(16(17,18)19)9-13(14)15(20-21)22-10(2)5-6-11(22)3/h5-9H,4H2,1-3H3. The number of benzene rings is 1. The van der Waals surface area contributed by atoms with E-state index < -0.39 is 11.7 Å². The van der Waals surface area contributed by atoms with Crippen molar-refractivity contribution in [3.05, 3.63) is 47.3 Å². The zero-order valence-electron chi connectivity index (χ0n) is 12.6. The molecule has 116 valence electrons. The molecule has 0 unspecified atom stereocenters. The molecule has 0 aliphatic heterocycles. The van der Waals surface area contributed by atoms with Crippen LogP contribution in [0.2, 0.25) is 0 Å². The molecule has 0 saturated heterocycles. The fourth-order valence-corrected chi connectivity index (χ4v) is 2.75. The fourth-order valence-electron chi connectivity index (χ4n) is 2.75. The van der Waals surface area contributed by atoms with Gasteiger partial charge in [-0.25, -0.2) is 0 Å². The molecule has 0 aliphatic rings. The molecule has 0 radical (unpaired) electrons. The molecule has 1 aromatic carbocycles. The summed E-state index contributed by atoms with van der Waals surface area (Å²) in [5.41, 5.74) is 1.94. The van der Waals surface area contributed by atoms with Gasteiger partial charge in [0.05, 0.1) is 11.1 Å². The minimum absolute atomic E-state index is 0.513. The van der Waals surface area contributed by atoms with Crippen LogP contribution in [0.15, 0.2) is 30.3 Å². The molecule has 0 spiro atoms. The number of nitrogens with zero attached hydrogens (tertiary/aromatic N) is 3. The average Bonchev–Trinajstić information content (AvgIpc) is 2.97. The number of alkyl halides is 3. The van der Waals surface area contributed by atoms with Gasteiger partial charge in [0.2, 0.25) is 0 Å². The van der Waals surface area contributed by atoms with E-state index in [0.29, 0.717) is 23.3 Å². The molecule has 2 heterocycles. The van der Waals surface area contributed by atoms with E-state index in [1.165, 1.54) is 12.1 Å². The molecule has 22 heavy (non-hydrogen) atoms. The van der Waals surface area contributed by atoms with Gasteiger partial charge in [-0.1, -0.05) is 0 Å². The summed E-state index contributed by atoms with van der Waals surface area (Å²) < 4.78 is 42.6. The second-order valence-corrected chi connectivity index (χ2v) is 5.32. The molecule has 2 aromatic heterocycles. The molecule has 3 aromatic rings. The highest BCUT2D eigenvalue weighted by atomic mass is 19.4. The van der Waals surface area contributed by atoms with Crippen molar-refractivity contribution in [3.8, 4) is 5.82 Å². The zero-order chi connectivity index (χ0) is 16.1. The summed E-state index contributed by atoms with van der Waals surface area (Å²) in [6.07, 6.45) is -4.36. The predicted octanol–water partition coefficient (Wildman–Crippen LogP) is 4.48. The Morgan fingerprint density at radius 1 is 1.05 bits per heavy atom. The molecule has 0 N–H and O–H groups in total. The maximum atomic E-state index is 13.0. The second-order valence-electron chi connectivity index (χ2n) is 5.32. The third-order valence-corrected chi connectivity index (χ3v) is 3.84. The van der Waals surface area contributed by atoms with Gasteiger partial charge in [0.25, 0.3) is 0 Å². The first-order valence-corrected chi connectivity index (χ1v) is 7.06. The van der Waals surface area contributed by atoms with Crippen LogP contribution in [0.25, 0.3) is 16.7 Å². The minimum Gasteiger partial charge on any atom is -0.301 e. The van der Waals surface area contributed by atoms with Gasteiger partial charge in [-0.2, -0.15) is 18.3 Å². The minimum atomic E-state index is -4.36. The number of aryl methyl sites for hydroxylation is 3. The number of fused-ring (bicyclic) bond motifs is 1. The van der Waals surface area contributed by atoms with E-state index >= 15 is 0 Å². The van der Waals surface area contributed by atoms with Gasteiger partial charge in [0.15, 0.2) is 5.82 Å². The molecule has 0 saturated carbocycles. The van der Waals surface area contributed by atoms with Gasteiger partial charge in [-0.15, -0.1) is 0 Å². The van der Waals surface area contributed by atoms with Crippen LogP contribution in [0.5, 0.6) is 0 Å². The van der Waals surface area contributed by atoms with Crippen LogP contribution < -0.4 is 0 Å². The predicted molar refractivity (Wildman–Crippen MR) is 79.2 cm³/mol. The monoisotopic (exact) mass is 307 g/mol. The van der Waals surface area contributed by atoms with Crippen LogP contribution in [0.1, 0.15) is 23.9 Å². The second kappa shape index (κ2) is 4.90. The molecule has 0 fully saturated rings. The van der Waals surface area contributed by atoms with Crippen LogP contribution in [-0.4, -0.2) is 14.3 Å². The molecule has 0 atom stereocenters. The van der Waals surface area contributed by atoms with Crippen LogP contribution >= 0.6 is 0 Å². The fraction of sp³-hybridized carbons (Fsp3) is 0.312. The van der Waals surface area contributed by atoms with E-state index in [2.05, 4.69) is 5.10 Å². The number of halogens is 3. The van der Waals surface area contributed by atoms with Gasteiger partial charge in [0.1, 0.15) is 0 Å². The van der Waals surface area contributed by atoms with Crippen molar-refractivity contribution in [2.45, 2.75) is 33.5 Å². The Kier molecular flexibility index (Phi) is 3.27. The first-order chi connectivity index (χ1) is 10.3. The summed E-state index contributed by atoms with van der Waals surface area (Å²) in [5, 5.41) is 5.02. The molecule has 0 bridgehead atoms. The molecule has 3 nitrogen and oxygen atoms in total. The lowest BCUT2D eigenvalue weighted by Gasteiger charge is -2.08. The van der Waals surface area contributed by atoms with E-state index in [1.54, 1.807) is 4.68 Å². The highest BCUT2D eigenvalue weighted by Crippen LogP contribution is 2.33. The SMILES string of the molecule is CCn1nc(-n2c(C)ccc2C)c2cc(C(F)(F)F)ccc21. The lowest BCUT2D eigenvalue weighted by molar-refractivity contribution is -0.137. The van der Waals surface area contributed by atoms with Crippen LogP contribution in [0.4, 0.5) is 13.2 Å². The van der Waals surface area contributed by atoms with Crippen LogP contribution in [-0.2, 0) is 12.7 Å². The van der Waals surface area contributed by atoms with E-state index in [4.69, 9.17) is 0 Å². The first-order valence-electron chi connectivity index (χ1n) is 7.06. The zero-order valence-corrected chi connectivity index (χ0v) is 12.6. The molecular formula is C16H16F3N3. The van der Waals surface area contributed by atoms with Crippen LogP contribution in [0.3, 0.4) is 0 Å². The van der Waals surface area contributed by atoms with Gasteiger partial charge < -0.3 is 4.57 Å². The molecule has 6 heteroatoms. The smallest absolute Gasteiger partial charge is 0.301 e. The number of hydrogen-bond donors (Lipinski definition) is 0. The van der Waals surface area contributed by atoms with Crippen molar-refractivity contribution in [2.24, 2.45) is 0 Å². The largest absolute Gasteiger partial charge is 0.416 e. The Morgan fingerprint density at radius 2 is 1.68 bits per heavy atom. The van der Waals surface area contributed by atoms with Crippen molar-refractivity contribution >= 4 is 10.9 Å². The Balaban J connectivity index is 2.34. The normalized spacial score (nSPS) is 12.3. The van der Waals surface area contributed by atoms with E-state index in [0.717, 1.165) is 17.5 Å². The topological polar surface area (TPSA) is 22.8 Å². The van der Waals surface area contributed by atoms with Gasteiger partial charge in [-0.05, 0) is 51.1 Å². The van der Waals surface area contributed by atoms with E-state index in [1.807, 2.05) is 37.5 Å². The van der Waals surface area contributed by atoms with Crippen molar-refractivity contribution in [3.63, 3.8) is 0 Å². The lowest BCUT2D eigenvalue weighted by atomic mass is 10.1. The summed E-state index contributed by atoms with van der Waals surface area (Å²) in [5.74, 6) is 0.544. The number of rotatable bonds is 2. The average molecular weight is 307 g/mol. The van der Waals surface area contributed by atoms with Crippen molar-refractivity contribution in [1.82, 2.24) is 14.3 Å². The Hall–Kier alpha value is -2.24. The summed E-state index contributed by atoms with van der Waals surface area (Å²) in [7, 11) is 0. The Labute approximate surface area is 126 Å². The maximum absolute atomic E-state index is 13.0. The van der Waals surface area contributed by atoms with E-state index in [9.17, 15) is 13.2 Å². The van der Waals surface area contributed by atoms with Gasteiger partial charge in [-0.3, -0.25) is 4.68 Å². The lowest BCUT2D eigenvalue weighted by Crippen LogP contribution is -2.05. The maximum Gasteiger partial charge on any atom is 0.416 e. The third kappa shape index (κ3) is 2.19. The highest BCUT2D eigenvalue weighted by Gasteiger charge is 2.31. The third-order valence-electron chi connectivity index (χ3n) is 3.84. The van der Waals surface area contributed by atoms with Gasteiger partial charge >= 0.3 is 6.18 Å². The summed E-state index contributed by atoms with van der Waals surface area (Å²) in [4.78, 5) is 0. The molecule has 0 aliphatic carbocycles. The van der Waals surface area contributed by atoms with Gasteiger partial charge in [0, 0.05) is 23.3 Å². The van der Waals surface area contributed by atoms with Crippen LogP contribution in [0, 0.1) is 13.8 Å². The molecular weight excluding hydrogens is 291 g/mol.